The van der Waals surface area contributed by atoms with E-state index in [0.717, 1.165) is 24.2 Å². The van der Waals surface area contributed by atoms with Gasteiger partial charge in [0.2, 0.25) is 9.47 Å². The van der Waals surface area contributed by atoms with Crippen LogP contribution in [0, 0.1) is 0 Å². The van der Waals surface area contributed by atoms with Gasteiger partial charge in [-0.1, -0.05) is 11.3 Å². The number of nitrogens with zero attached hydrogens (tertiary/aromatic N) is 2. The Hall–Kier alpha value is -0.680. The molecule has 2 rings (SSSR count). The fourth-order valence-electron chi connectivity index (χ4n) is 1.46. The van der Waals surface area contributed by atoms with Gasteiger partial charge >= 0.3 is 0 Å². The summed E-state index contributed by atoms with van der Waals surface area (Å²) in [6.07, 6.45) is 3.24. The van der Waals surface area contributed by atoms with Gasteiger partial charge in [-0.15, -0.1) is 10.2 Å². The first-order chi connectivity index (χ1) is 6.59. The van der Waals surface area contributed by atoms with Gasteiger partial charge in [0, 0.05) is 5.54 Å². The van der Waals surface area contributed by atoms with Crippen LogP contribution in [0.3, 0.4) is 0 Å². The van der Waals surface area contributed by atoms with Crippen LogP contribution in [0.2, 0.25) is 4.47 Å². The SMILES string of the molecule is CC1(NC(=O)c2nnc(Cl)s2)CCC1. The lowest BCUT2D eigenvalue weighted by molar-refractivity contribution is 0.0849. The lowest BCUT2D eigenvalue weighted by Gasteiger charge is -2.38. The number of rotatable bonds is 2. The van der Waals surface area contributed by atoms with Gasteiger partial charge in [-0.25, -0.2) is 0 Å². The summed E-state index contributed by atoms with van der Waals surface area (Å²) < 4.78 is 0.300. The molecule has 6 heteroatoms. The molecule has 1 saturated carbocycles. The van der Waals surface area contributed by atoms with Gasteiger partial charge in [0.1, 0.15) is 0 Å². The van der Waals surface area contributed by atoms with E-state index in [1.807, 2.05) is 6.92 Å². The zero-order chi connectivity index (χ0) is 10.2. The highest BCUT2D eigenvalue weighted by Gasteiger charge is 2.34. The van der Waals surface area contributed by atoms with E-state index in [-0.39, 0.29) is 11.4 Å². The van der Waals surface area contributed by atoms with Crippen molar-refractivity contribution in [2.45, 2.75) is 31.7 Å². The average molecular weight is 232 g/mol. The highest BCUT2D eigenvalue weighted by atomic mass is 35.5. The lowest BCUT2D eigenvalue weighted by atomic mass is 9.78. The van der Waals surface area contributed by atoms with Crippen molar-refractivity contribution >= 4 is 28.8 Å². The van der Waals surface area contributed by atoms with Crippen molar-refractivity contribution in [3.05, 3.63) is 9.47 Å². The van der Waals surface area contributed by atoms with Crippen LogP contribution < -0.4 is 5.32 Å². The van der Waals surface area contributed by atoms with Crippen molar-refractivity contribution in [2.24, 2.45) is 0 Å². The number of amides is 1. The van der Waals surface area contributed by atoms with E-state index in [9.17, 15) is 4.79 Å². The number of aromatic nitrogens is 2. The van der Waals surface area contributed by atoms with Gasteiger partial charge in [0.25, 0.3) is 5.91 Å². The fraction of sp³-hybridized carbons (Fsp3) is 0.625. The highest BCUT2D eigenvalue weighted by molar-refractivity contribution is 7.17. The normalized spacial score (nSPS) is 18.7. The molecule has 4 nitrogen and oxygen atoms in total. The van der Waals surface area contributed by atoms with Crippen LogP contribution >= 0.6 is 22.9 Å². The maximum Gasteiger partial charge on any atom is 0.282 e. The smallest absolute Gasteiger partial charge is 0.282 e. The maximum atomic E-state index is 11.6. The second kappa shape index (κ2) is 3.47. The summed E-state index contributed by atoms with van der Waals surface area (Å²) in [6.45, 7) is 2.04. The molecule has 0 saturated heterocycles. The molecule has 0 aromatic carbocycles. The monoisotopic (exact) mass is 231 g/mol. The molecule has 0 radical (unpaired) electrons. The van der Waals surface area contributed by atoms with E-state index in [1.165, 1.54) is 6.42 Å². The number of nitrogens with one attached hydrogen (secondary N) is 1. The van der Waals surface area contributed by atoms with E-state index in [1.54, 1.807) is 0 Å². The molecule has 1 fully saturated rings. The molecule has 1 amide bonds. The Balaban J connectivity index is 2.02. The standard InChI is InChI=1S/C8H10ClN3OS/c1-8(3-2-4-8)10-5(13)6-11-12-7(9)14-6/h2-4H2,1H3,(H,10,13). The third-order valence-electron chi connectivity index (χ3n) is 2.47. The summed E-state index contributed by atoms with van der Waals surface area (Å²) in [7, 11) is 0. The molecule has 1 aromatic heterocycles. The van der Waals surface area contributed by atoms with Gasteiger partial charge < -0.3 is 5.32 Å². The van der Waals surface area contributed by atoms with Crippen molar-refractivity contribution in [1.29, 1.82) is 0 Å². The highest BCUT2D eigenvalue weighted by Crippen LogP contribution is 2.31. The number of hydrogen-bond donors (Lipinski definition) is 1. The zero-order valence-corrected chi connectivity index (χ0v) is 9.28. The summed E-state index contributed by atoms with van der Waals surface area (Å²) in [6, 6.07) is 0. The Morgan fingerprint density at radius 3 is 2.71 bits per heavy atom. The number of halogens is 1. The van der Waals surface area contributed by atoms with Gasteiger partial charge in [-0.05, 0) is 37.8 Å². The Bertz CT molecular complexity index is 361. The zero-order valence-electron chi connectivity index (χ0n) is 7.71. The van der Waals surface area contributed by atoms with E-state index >= 15 is 0 Å². The quantitative estimate of drug-likeness (QED) is 0.846. The van der Waals surface area contributed by atoms with Crippen molar-refractivity contribution in [2.75, 3.05) is 0 Å². The molecule has 14 heavy (non-hydrogen) atoms. The first-order valence-electron chi connectivity index (χ1n) is 4.41. The third kappa shape index (κ3) is 1.88. The molecule has 0 spiro atoms. The largest absolute Gasteiger partial charge is 0.345 e. The minimum Gasteiger partial charge on any atom is -0.345 e. The summed E-state index contributed by atoms with van der Waals surface area (Å²) in [5, 5.41) is 10.5. The summed E-state index contributed by atoms with van der Waals surface area (Å²) in [5.74, 6) is -0.170. The maximum absolute atomic E-state index is 11.6. The van der Waals surface area contributed by atoms with Gasteiger partial charge in [0.05, 0.1) is 0 Å². The second-order valence-corrected chi connectivity index (χ2v) is 5.29. The third-order valence-corrected chi connectivity index (χ3v) is 3.48. The van der Waals surface area contributed by atoms with E-state index in [0.29, 0.717) is 9.47 Å². The Labute approximate surface area is 90.7 Å². The van der Waals surface area contributed by atoms with Gasteiger partial charge in [-0.2, -0.15) is 0 Å². The Morgan fingerprint density at radius 1 is 1.57 bits per heavy atom. The van der Waals surface area contributed by atoms with Gasteiger partial charge in [0.15, 0.2) is 0 Å². The van der Waals surface area contributed by atoms with E-state index < -0.39 is 0 Å². The lowest BCUT2D eigenvalue weighted by Crippen LogP contribution is -2.50. The molecule has 1 N–H and O–H groups in total. The van der Waals surface area contributed by atoms with Gasteiger partial charge in [-0.3, -0.25) is 4.79 Å². The average Bonchev–Trinajstić information content (AvgIpc) is 2.49. The minimum absolute atomic E-state index is 0.0464. The molecule has 0 aliphatic heterocycles. The Morgan fingerprint density at radius 2 is 2.29 bits per heavy atom. The van der Waals surface area contributed by atoms with Crippen molar-refractivity contribution in [3.8, 4) is 0 Å². The summed E-state index contributed by atoms with van der Waals surface area (Å²) in [5.41, 5.74) is -0.0464. The molecule has 1 heterocycles. The number of hydrogen-bond acceptors (Lipinski definition) is 4. The number of carbonyl (C=O) groups excluding carboxylic acids is 1. The minimum atomic E-state index is -0.170. The van der Waals surface area contributed by atoms with Crippen LogP contribution in [0.1, 0.15) is 36.0 Å². The summed E-state index contributed by atoms with van der Waals surface area (Å²) >= 11 is 6.69. The van der Waals surface area contributed by atoms with Crippen molar-refractivity contribution < 1.29 is 4.79 Å². The predicted octanol–water partition coefficient (Wildman–Crippen LogP) is 1.86. The van der Waals surface area contributed by atoms with E-state index in [4.69, 9.17) is 11.6 Å². The predicted molar refractivity (Wildman–Crippen MR) is 54.6 cm³/mol. The topological polar surface area (TPSA) is 54.9 Å². The molecule has 76 valence electrons. The molecular weight excluding hydrogens is 222 g/mol. The first kappa shape index (κ1) is 9.86. The summed E-state index contributed by atoms with van der Waals surface area (Å²) in [4.78, 5) is 11.6. The van der Waals surface area contributed by atoms with E-state index in [2.05, 4.69) is 15.5 Å². The van der Waals surface area contributed by atoms with Crippen LogP contribution in [0.5, 0.6) is 0 Å². The van der Waals surface area contributed by atoms with Crippen LogP contribution in [-0.2, 0) is 0 Å². The molecule has 0 bridgehead atoms. The first-order valence-corrected chi connectivity index (χ1v) is 5.60. The Kier molecular flexibility index (Phi) is 2.45. The van der Waals surface area contributed by atoms with Crippen LogP contribution in [0.25, 0.3) is 0 Å². The molecule has 1 aromatic rings. The van der Waals surface area contributed by atoms with Crippen molar-refractivity contribution in [1.82, 2.24) is 15.5 Å². The second-order valence-electron chi connectivity index (χ2n) is 3.73. The van der Waals surface area contributed by atoms with Crippen LogP contribution in [-0.4, -0.2) is 21.6 Å². The molecule has 1 aliphatic carbocycles. The van der Waals surface area contributed by atoms with Crippen LogP contribution in [0.4, 0.5) is 0 Å². The van der Waals surface area contributed by atoms with Crippen molar-refractivity contribution in [3.63, 3.8) is 0 Å². The molecular formula is C8H10ClN3OS. The number of carbonyl (C=O) groups is 1. The molecule has 1 aliphatic rings. The van der Waals surface area contributed by atoms with Crippen LogP contribution in [0.15, 0.2) is 0 Å². The molecule has 0 atom stereocenters. The fourth-order valence-corrected chi connectivity index (χ4v) is 2.18. The molecule has 0 unspecified atom stereocenters.